The zero-order valence-corrected chi connectivity index (χ0v) is 32.8. The van der Waals surface area contributed by atoms with Crippen LogP contribution in [-0.2, 0) is 61.5 Å². The monoisotopic (exact) mass is 700 g/mol. The summed E-state index contributed by atoms with van der Waals surface area (Å²) in [5.74, 6) is -0.371. The minimum Gasteiger partial charge on any atom is -0.282 e. The molecule has 0 atom stereocenters. The van der Waals surface area contributed by atoms with Gasteiger partial charge in [0.05, 0.1) is 4.90 Å². The summed E-state index contributed by atoms with van der Waals surface area (Å²) >= 11 is 0. The Morgan fingerprint density at radius 3 is 1.22 bits per heavy atom. The van der Waals surface area contributed by atoms with E-state index in [0.29, 0.717) is 5.56 Å². The molecule has 0 saturated carbocycles. The minimum absolute atomic E-state index is 0.0353. The van der Waals surface area contributed by atoms with E-state index in [1.165, 1.54) is 72.8 Å². The van der Waals surface area contributed by atoms with Crippen molar-refractivity contribution < 1.29 is 13.0 Å². The highest BCUT2D eigenvalue weighted by Crippen LogP contribution is 2.40. The molecular formula is C47H56O3S. The second-order valence-corrected chi connectivity index (χ2v) is 15.5. The van der Waals surface area contributed by atoms with Gasteiger partial charge < -0.3 is 0 Å². The van der Waals surface area contributed by atoms with Crippen LogP contribution in [0.5, 0.6) is 0 Å². The van der Waals surface area contributed by atoms with Crippen molar-refractivity contribution in [2.24, 2.45) is 0 Å². The number of benzene rings is 5. The molecular weight excluding hydrogens is 645 g/mol. The van der Waals surface area contributed by atoms with Crippen LogP contribution in [0.4, 0.5) is 0 Å². The van der Waals surface area contributed by atoms with Gasteiger partial charge >= 0.3 is 0 Å². The summed E-state index contributed by atoms with van der Waals surface area (Å²) in [5, 5.41) is 0. The molecule has 0 unspecified atom stereocenters. The third kappa shape index (κ3) is 8.40. The van der Waals surface area contributed by atoms with Gasteiger partial charge in [0.25, 0.3) is 10.1 Å². The van der Waals surface area contributed by atoms with E-state index in [1.807, 2.05) is 12.1 Å². The van der Waals surface area contributed by atoms with E-state index >= 15 is 0 Å². The smallest absolute Gasteiger partial charge is 0.282 e. The first kappa shape index (κ1) is 38.2. The van der Waals surface area contributed by atoms with Crippen LogP contribution in [0, 0.1) is 13.8 Å². The fraction of sp³-hybridized carbons (Fsp3) is 0.362. The lowest BCUT2D eigenvalue weighted by Crippen LogP contribution is -2.14. The molecule has 1 N–H and O–H groups in total. The van der Waals surface area contributed by atoms with Crippen LogP contribution in [0.1, 0.15) is 131 Å². The Morgan fingerprint density at radius 2 is 0.863 bits per heavy atom. The Morgan fingerprint density at radius 1 is 0.490 bits per heavy atom. The Labute approximate surface area is 307 Å². The Balaban J connectivity index is 1.67. The maximum absolute atomic E-state index is 12.9. The van der Waals surface area contributed by atoms with E-state index in [1.54, 1.807) is 6.07 Å². The van der Waals surface area contributed by atoms with Gasteiger partial charge in [-0.1, -0.05) is 132 Å². The number of aryl methyl sites for hydroxylation is 8. The molecule has 0 fully saturated rings. The van der Waals surface area contributed by atoms with Crippen molar-refractivity contribution in [3.05, 3.63) is 168 Å². The molecule has 5 aromatic rings. The maximum Gasteiger partial charge on any atom is 0.294 e. The standard InChI is InChI=1S/C47H56O3S/c1-9-35-23-31(7)24-36(10-2)44(35)29-33-19-21-41(39(13-5)27-33)47(43-17-15-16-18-46(43)51(48,49)50)42-22-20-34(28-40(42)14-6)30-45-37(11-3)25-32(8)26-38(45)12-4/h15-28,47H,9-14,29-30H2,1-8H3,(H,48,49,50). The van der Waals surface area contributed by atoms with Crippen molar-refractivity contribution in [3.63, 3.8) is 0 Å². The molecule has 0 bridgehead atoms. The summed E-state index contributed by atoms with van der Waals surface area (Å²) in [6, 6.07) is 29.8. The van der Waals surface area contributed by atoms with Gasteiger partial charge in [0, 0.05) is 5.92 Å². The Kier molecular flexibility index (Phi) is 12.4. The second kappa shape index (κ2) is 16.6. The van der Waals surface area contributed by atoms with Gasteiger partial charge in [-0.25, -0.2) is 0 Å². The average molecular weight is 701 g/mol. The zero-order chi connectivity index (χ0) is 36.9. The highest BCUT2D eigenvalue weighted by atomic mass is 32.2. The Hall–Kier alpha value is -3.99. The SMILES string of the molecule is CCc1cc(Cc2c(CC)cc(C)cc2CC)ccc1C(c1ccc(Cc2c(CC)cc(C)cc2CC)cc1CC)c1ccccc1S(=O)(=O)O. The second-order valence-electron chi connectivity index (χ2n) is 14.1. The topological polar surface area (TPSA) is 54.4 Å². The highest BCUT2D eigenvalue weighted by molar-refractivity contribution is 7.85. The summed E-state index contributed by atoms with van der Waals surface area (Å²) in [7, 11) is -4.47. The summed E-state index contributed by atoms with van der Waals surface area (Å²) in [4.78, 5) is -0.0353. The largest absolute Gasteiger partial charge is 0.294 e. The van der Waals surface area contributed by atoms with E-state index < -0.39 is 10.1 Å². The summed E-state index contributed by atoms with van der Waals surface area (Å²) in [6.07, 6.45) is 7.31. The van der Waals surface area contributed by atoms with Crippen LogP contribution < -0.4 is 0 Å². The third-order valence-corrected chi connectivity index (χ3v) is 11.7. The number of rotatable bonds is 14. The fourth-order valence-electron chi connectivity index (χ4n) is 8.24. The molecule has 3 nitrogen and oxygen atoms in total. The van der Waals surface area contributed by atoms with Gasteiger partial charge in [-0.15, -0.1) is 0 Å². The van der Waals surface area contributed by atoms with Gasteiger partial charge in [0.15, 0.2) is 0 Å². The molecule has 0 heterocycles. The van der Waals surface area contributed by atoms with E-state index in [2.05, 4.69) is 116 Å². The predicted molar refractivity (Wildman–Crippen MR) is 214 cm³/mol. The van der Waals surface area contributed by atoms with E-state index in [0.717, 1.165) is 62.5 Å². The van der Waals surface area contributed by atoms with E-state index in [9.17, 15) is 13.0 Å². The normalized spacial score (nSPS) is 11.8. The lowest BCUT2D eigenvalue weighted by atomic mass is 9.78. The lowest BCUT2D eigenvalue weighted by Gasteiger charge is -2.26. The summed E-state index contributed by atoms with van der Waals surface area (Å²) in [6.45, 7) is 17.7. The van der Waals surface area contributed by atoms with E-state index in [4.69, 9.17) is 0 Å². The molecule has 5 rings (SSSR count). The molecule has 0 aromatic heterocycles. The van der Waals surface area contributed by atoms with Crippen LogP contribution in [0.25, 0.3) is 0 Å². The molecule has 0 aliphatic heterocycles. The number of hydrogen-bond acceptors (Lipinski definition) is 2. The molecule has 0 aliphatic rings. The molecule has 268 valence electrons. The van der Waals surface area contributed by atoms with Crippen LogP contribution in [0.3, 0.4) is 0 Å². The summed E-state index contributed by atoms with van der Waals surface area (Å²) in [5.41, 5.74) is 18.7. The van der Waals surface area contributed by atoms with Crippen LogP contribution in [0.15, 0.2) is 89.8 Å². The molecule has 51 heavy (non-hydrogen) atoms. The van der Waals surface area contributed by atoms with Gasteiger partial charge in [0.1, 0.15) is 0 Å². The van der Waals surface area contributed by atoms with Crippen LogP contribution in [-0.4, -0.2) is 13.0 Å². The fourth-order valence-corrected chi connectivity index (χ4v) is 8.97. The molecule has 4 heteroatoms. The van der Waals surface area contributed by atoms with Gasteiger partial charge in [-0.2, -0.15) is 8.42 Å². The molecule has 5 aromatic carbocycles. The molecule has 0 saturated heterocycles. The highest BCUT2D eigenvalue weighted by Gasteiger charge is 2.28. The predicted octanol–water partition coefficient (Wildman–Crippen LogP) is 11.3. The van der Waals surface area contributed by atoms with Crippen molar-refractivity contribution in [3.8, 4) is 0 Å². The maximum atomic E-state index is 12.9. The van der Waals surface area contributed by atoms with Crippen molar-refractivity contribution in [1.82, 2.24) is 0 Å². The minimum atomic E-state index is -4.47. The van der Waals surface area contributed by atoms with Crippen LogP contribution >= 0.6 is 0 Å². The quantitative estimate of drug-likeness (QED) is 0.0927. The third-order valence-electron chi connectivity index (χ3n) is 10.7. The zero-order valence-electron chi connectivity index (χ0n) is 32.0. The van der Waals surface area contributed by atoms with Crippen molar-refractivity contribution in [1.29, 1.82) is 0 Å². The molecule has 0 amide bonds. The van der Waals surface area contributed by atoms with Crippen LogP contribution in [0.2, 0.25) is 0 Å². The van der Waals surface area contributed by atoms with Gasteiger partial charge in [-0.05, 0) is 144 Å². The Bertz CT molecular complexity index is 1960. The van der Waals surface area contributed by atoms with E-state index in [-0.39, 0.29) is 10.8 Å². The van der Waals surface area contributed by atoms with Crippen molar-refractivity contribution in [2.75, 3.05) is 0 Å². The lowest BCUT2D eigenvalue weighted by molar-refractivity contribution is 0.482. The summed E-state index contributed by atoms with van der Waals surface area (Å²) < 4.78 is 36.3. The van der Waals surface area contributed by atoms with Gasteiger partial charge in [-0.3, -0.25) is 4.55 Å². The molecule has 0 spiro atoms. The first-order chi connectivity index (χ1) is 24.5. The molecule has 0 radical (unpaired) electrons. The van der Waals surface area contributed by atoms with Crippen molar-refractivity contribution in [2.45, 2.75) is 118 Å². The number of hydrogen-bond donors (Lipinski definition) is 1. The average Bonchev–Trinajstić information content (AvgIpc) is 3.13. The first-order valence-electron chi connectivity index (χ1n) is 19.0. The van der Waals surface area contributed by atoms with Gasteiger partial charge in [0.2, 0.25) is 0 Å². The van der Waals surface area contributed by atoms with Crippen molar-refractivity contribution >= 4 is 10.1 Å². The molecule has 0 aliphatic carbocycles. The first-order valence-corrected chi connectivity index (χ1v) is 20.4.